The maximum atomic E-state index is 11.5. The summed E-state index contributed by atoms with van der Waals surface area (Å²) in [6, 6.07) is 0. The smallest absolute Gasteiger partial charge is 0.308 e. The van der Waals surface area contributed by atoms with Gasteiger partial charge in [-0.1, -0.05) is 13.8 Å². The number of hydrogen-bond acceptors (Lipinski definition) is 6. The largest absolute Gasteiger partial charge is 0.463 e. The molecule has 0 spiro atoms. The summed E-state index contributed by atoms with van der Waals surface area (Å²) >= 11 is 0. The van der Waals surface area contributed by atoms with Crippen LogP contribution in [-0.2, 0) is 23.7 Å². The third kappa shape index (κ3) is 11.2. The summed E-state index contributed by atoms with van der Waals surface area (Å²) < 4.78 is 20.7. The second-order valence-corrected chi connectivity index (χ2v) is 4.24. The van der Waals surface area contributed by atoms with Crippen LogP contribution in [0, 0.1) is 5.92 Å². The van der Waals surface area contributed by atoms with Gasteiger partial charge in [-0.05, 0) is 12.8 Å². The molecular weight excluding hydrogens is 264 g/mol. The van der Waals surface area contributed by atoms with Crippen molar-refractivity contribution in [3.05, 3.63) is 0 Å². The lowest BCUT2D eigenvalue weighted by Crippen LogP contribution is -2.19. The van der Waals surface area contributed by atoms with E-state index in [-0.39, 0.29) is 25.1 Å². The third-order valence-corrected chi connectivity index (χ3v) is 2.77. The number of rotatable bonds is 14. The van der Waals surface area contributed by atoms with Crippen LogP contribution in [0.1, 0.15) is 26.7 Å². The Morgan fingerprint density at radius 3 is 1.75 bits per heavy atom. The maximum absolute atomic E-state index is 11.5. The summed E-state index contributed by atoms with van der Waals surface area (Å²) in [7, 11) is 0. The minimum atomic E-state index is -0.143. The average molecular weight is 292 g/mol. The van der Waals surface area contributed by atoms with E-state index in [1.165, 1.54) is 0 Å². The van der Waals surface area contributed by atoms with E-state index in [0.717, 1.165) is 12.8 Å². The Balaban J connectivity index is 3.22. The molecule has 0 aliphatic rings. The molecule has 0 unspecified atom stereocenters. The fraction of sp³-hybridized carbons (Fsp3) is 0.929. The molecule has 0 aliphatic heterocycles. The van der Waals surface area contributed by atoms with Gasteiger partial charge in [0, 0.05) is 0 Å². The minimum absolute atomic E-state index is 0.00254. The number of carbonyl (C=O) groups is 1. The van der Waals surface area contributed by atoms with Crippen LogP contribution in [0.4, 0.5) is 0 Å². The van der Waals surface area contributed by atoms with Crippen LogP contribution < -0.4 is 0 Å². The van der Waals surface area contributed by atoms with E-state index in [4.69, 9.17) is 24.1 Å². The Labute approximate surface area is 121 Å². The molecule has 6 nitrogen and oxygen atoms in total. The van der Waals surface area contributed by atoms with Crippen molar-refractivity contribution in [1.82, 2.24) is 0 Å². The first kappa shape index (κ1) is 19.3. The predicted octanol–water partition coefficient (Wildman–Crippen LogP) is 1.01. The summed E-state index contributed by atoms with van der Waals surface area (Å²) in [4.78, 5) is 11.5. The van der Waals surface area contributed by atoms with Crippen LogP contribution in [0.15, 0.2) is 0 Å². The Hall–Kier alpha value is -0.690. The summed E-state index contributed by atoms with van der Waals surface area (Å²) in [6.45, 7) is 6.87. The molecule has 0 rings (SSSR count). The zero-order valence-corrected chi connectivity index (χ0v) is 12.6. The SMILES string of the molecule is CCC(CC)C(=O)OCCOCCOCCOCCO. The Kier molecular flexibility index (Phi) is 14.2. The van der Waals surface area contributed by atoms with Crippen LogP contribution in [0.2, 0.25) is 0 Å². The van der Waals surface area contributed by atoms with Crippen molar-refractivity contribution in [3.8, 4) is 0 Å². The normalized spacial score (nSPS) is 11.0. The first-order chi connectivity index (χ1) is 9.76. The van der Waals surface area contributed by atoms with Gasteiger partial charge in [0.25, 0.3) is 0 Å². The van der Waals surface area contributed by atoms with Gasteiger partial charge >= 0.3 is 5.97 Å². The molecule has 0 saturated carbocycles. The van der Waals surface area contributed by atoms with Gasteiger partial charge in [-0.3, -0.25) is 4.79 Å². The quantitative estimate of drug-likeness (QED) is 0.380. The lowest BCUT2D eigenvalue weighted by atomic mass is 10.0. The van der Waals surface area contributed by atoms with Crippen molar-refractivity contribution >= 4 is 5.97 Å². The van der Waals surface area contributed by atoms with E-state index in [1.54, 1.807) is 0 Å². The van der Waals surface area contributed by atoms with Gasteiger partial charge in [-0.2, -0.15) is 0 Å². The zero-order chi connectivity index (χ0) is 15.1. The highest BCUT2D eigenvalue weighted by atomic mass is 16.6. The molecule has 0 saturated heterocycles. The zero-order valence-electron chi connectivity index (χ0n) is 12.6. The lowest BCUT2D eigenvalue weighted by Gasteiger charge is -2.12. The number of aliphatic hydroxyl groups is 1. The van der Waals surface area contributed by atoms with E-state index in [9.17, 15) is 4.79 Å². The number of ether oxygens (including phenoxy) is 4. The molecular formula is C14H28O6. The molecule has 0 atom stereocenters. The van der Waals surface area contributed by atoms with E-state index in [1.807, 2.05) is 13.8 Å². The van der Waals surface area contributed by atoms with Crippen molar-refractivity contribution in [3.63, 3.8) is 0 Å². The molecule has 0 amide bonds. The number of hydrogen-bond donors (Lipinski definition) is 1. The average Bonchev–Trinajstić information content (AvgIpc) is 2.46. The lowest BCUT2D eigenvalue weighted by molar-refractivity contribution is -0.150. The summed E-state index contributed by atoms with van der Waals surface area (Å²) in [5.74, 6) is -0.145. The molecule has 0 bridgehead atoms. The highest BCUT2D eigenvalue weighted by Crippen LogP contribution is 2.09. The summed E-state index contributed by atoms with van der Waals surface area (Å²) in [5.41, 5.74) is 0. The van der Waals surface area contributed by atoms with Crippen molar-refractivity contribution < 1.29 is 28.8 Å². The molecule has 20 heavy (non-hydrogen) atoms. The van der Waals surface area contributed by atoms with Crippen LogP contribution >= 0.6 is 0 Å². The molecule has 0 aliphatic carbocycles. The standard InChI is InChI=1S/C14H28O6/c1-3-13(4-2)14(16)20-12-11-19-10-9-18-8-7-17-6-5-15/h13,15H,3-12H2,1-2H3. The molecule has 0 fully saturated rings. The number of esters is 1. The van der Waals surface area contributed by atoms with Crippen molar-refractivity contribution in [2.75, 3.05) is 52.9 Å². The highest BCUT2D eigenvalue weighted by Gasteiger charge is 2.14. The molecule has 1 N–H and O–H groups in total. The van der Waals surface area contributed by atoms with Crippen LogP contribution in [-0.4, -0.2) is 63.9 Å². The Morgan fingerprint density at radius 2 is 1.30 bits per heavy atom. The van der Waals surface area contributed by atoms with Crippen molar-refractivity contribution in [2.45, 2.75) is 26.7 Å². The highest BCUT2D eigenvalue weighted by molar-refractivity contribution is 5.72. The topological polar surface area (TPSA) is 74.2 Å². The van der Waals surface area contributed by atoms with E-state index in [2.05, 4.69) is 0 Å². The molecule has 120 valence electrons. The van der Waals surface area contributed by atoms with Crippen LogP contribution in [0.3, 0.4) is 0 Å². The van der Waals surface area contributed by atoms with E-state index in [0.29, 0.717) is 39.6 Å². The number of aliphatic hydroxyl groups excluding tert-OH is 1. The van der Waals surface area contributed by atoms with Gasteiger partial charge in [-0.25, -0.2) is 0 Å². The number of carbonyl (C=O) groups excluding carboxylic acids is 1. The first-order valence-corrected chi connectivity index (χ1v) is 7.26. The second-order valence-electron chi connectivity index (χ2n) is 4.24. The Morgan fingerprint density at radius 1 is 0.850 bits per heavy atom. The fourth-order valence-electron chi connectivity index (χ4n) is 1.55. The van der Waals surface area contributed by atoms with Gasteiger partial charge in [0.15, 0.2) is 0 Å². The van der Waals surface area contributed by atoms with Crippen LogP contribution in [0.25, 0.3) is 0 Å². The van der Waals surface area contributed by atoms with Crippen LogP contribution in [0.5, 0.6) is 0 Å². The van der Waals surface area contributed by atoms with Crippen molar-refractivity contribution in [1.29, 1.82) is 0 Å². The van der Waals surface area contributed by atoms with Gasteiger partial charge in [-0.15, -0.1) is 0 Å². The summed E-state index contributed by atoms with van der Waals surface area (Å²) in [5, 5.41) is 8.47. The van der Waals surface area contributed by atoms with Gasteiger partial charge in [0.05, 0.1) is 52.2 Å². The molecule has 0 aromatic carbocycles. The van der Waals surface area contributed by atoms with Gasteiger partial charge in [0.2, 0.25) is 0 Å². The third-order valence-electron chi connectivity index (χ3n) is 2.77. The van der Waals surface area contributed by atoms with Crippen molar-refractivity contribution in [2.24, 2.45) is 5.92 Å². The Bertz CT molecular complexity index is 218. The predicted molar refractivity (Wildman–Crippen MR) is 74.6 cm³/mol. The molecule has 0 aromatic heterocycles. The van der Waals surface area contributed by atoms with Gasteiger partial charge in [0.1, 0.15) is 6.61 Å². The molecule has 6 heteroatoms. The molecule has 0 aromatic rings. The second kappa shape index (κ2) is 14.7. The van der Waals surface area contributed by atoms with E-state index >= 15 is 0 Å². The maximum Gasteiger partial charge on any atom is 0.308 e. The fourth-order valence-corrected chi connectivity index (χ4v) is 1.55. The summed E-state index contributed by atoms with van der Waals surface area (Å²) in [6.07, 6.45) is 1.62. The first-order valence-electron chi connectivity index (χ1n) is 7.26. The van der Waals surface area contributed by atoms with E-state index < -0.39 is 0 Å². The monoisotopic (exact) mass is 292 g/mol. The molecule has 0 heterocycles. The van der Waals surface area contributed by atoms with Gasteiger partial charge < -0.3 is 24.1 Å². The molecule has 0 radical (unpaired) electrons. The minimum Gasteiger partial charge on any atom is -0.463 e.